The van der Waals surface area contributed by atoms with Gasteiger partial charge in [0.05, 0.1) is 5.75 Å². The van der Waals surface area contributed by atoms with Gasteiger partial charge in [-0.15, -0.1) is 10.2 Å². The minimum Gasteiger partial charge on any atom is -0.353 e. The van der Waals surface area contributed by atoms with Crippen molar-refractivity contribution in [1.82, 2.24) is 25.1 Å². The minimum absolute atomic E-state index is 0.0343. The molecular formula is C16H23N5OS. The van der Waals surface area contributed by atoms with Crippen LogP contribution in [0.5, 0.6) is 0 Å². The lowest BCUT2D eigenvalue weighted by Gasteiger charge is -2.12. The van der Waals surface area contributed by atoms with Crippen LogP contribution < -0.4 is 5.32 Å². The summed E-state index contributed by atoms with van der Waals surface area (Å²) in [4.78, 5) is 16.0. The van der Waals surface area contributed by atoms with E-state index in [4.69, 9.17) is 0 Å². The summed E-state index contributed by atoms with van der Waals surface area (Å²) in [5.41, 5.74) is 0.974. The van der Waals surface area contributed by atoms with Crippen LogP contribution >= 0.6 is 11.8 Å². The second-order valence-electron chi connectivity index (χ2n) is 5.33. The Kier molecular flexibility index (Phi) is 6.58. The Bertz CT molecular complexity index is 629. The van der Waals surface area contributed by atoms with Crippen molar-refractivity contribution in [2.24, 2.45) is 0 Å². The number of hydrogen-bond donors (Lipinski definition) is 1. The second-order valence-corrected chi connectivity index (χ2v) is 6.27. The average molecular weight is 333 g/mol. The SMILES string of the molecule is CCC[C@H](C)NC(=O)CSc1nnc(-c2ccncc2)n1CC. The van der Waals surface area contributed by atoms with E-state index in [0.29, 0.717) is 5.75 Å². The van der Waals surface area contributed by atoms with Gasteiger partial charge >= 0.3 is 0 Å². The number of pyridine rings is 1. The number of thioether (sulfide) groups is 1. The summed E-state index contributed by atoms with van der Waals surface area (Å²) in [5.74, 6) is 1.19. The quantitative estimate of drug-likeness (QED) is 0.752. The van der Waals surface area contributed by atoms with Crippen LogP contribution in [0.25, 0.3) is 11.4 Å². The summed E-state index contributed by atoms with van der Waals surface area (Å²) in [5, 5.41) is 12.2. The second kappa shape index (κ2) is 8.67. The lowest BCUT2D eigenvalue weighted by atomic mass is 10.2. The van der Waals surface area contributed by atoms with E-state index in [1.807, 2.05) is 30.5 Å². The summed E-state index contributed by atoms with van der Waals surface area (Å²) < 4.78 is 2.02. The molecule has 2 heterocycles. The van der Waals surface area contributed by atoms with Gasteiger partial charge in [0.15, 0.2) is 11.0 Å². The molecule has 0 aliphatic heterocycles. The highest BCUT2D eigenvalue weighted by atomic mass is 32.2. The zero-order valence-electron chi connectivity index (χ0n) is 13.8. The maximum Gasteiger partial charge on any atom is 0.230 e. The van der Waals surface area contributed by atoms with Crippen molar-refractivity contribution in [3.63, 3.8) is 0 Å². The van der Waals surface area contributed by atoms with E-state index >= 15 is 0 Å². The van der Waals surface area contributed by atoms with E-state index in [0.717, 1.165) is 35.9 Å². The van der Waals surface area contributed by atoms with Crippen LogP contribution in [0.3, 0.4) is 0 Å². The molecule has 124 valence electrons. The summed E-state index contributed by atoms with van der Waals surface area (Å²) in [7, 11) is 0. The fraction of sp³-hybridized carbons (Fsp3) is 0.500. The molecule has 0 spiro atoms. The molecule has 1 amide bonds. The van der Waals surface area contributed by atoms with Crippen LogP contribution in [0.15, 0.2) is 29.7 Å². The van der Waals surface area contributed by atoms with Crippen LogP contribution in [0, 0.1) is 0 Å². The lowest BCUT2D eigenvalue weighted by molar-refractivity contribution is -0.119. The predicted molar refractivity (Wildman–Crippen MR) is 92.2 cm³/mol. The Morgan fingerprint density at radius 2 is 2.04 bits per heavy atom. The van der Waals surface area contributed by atoms with E-state index in [1.165, 1.54) is 11.8 Å². The number of rotatable bonds is 8. The smallest absolute Gasteiger partial charge is 0.230 e. The first-order valence-corrected chi connectivity index (χ1v) is 8.90. The van der Waals surface area contributed by atoms with Crippen molar-refractivity contribution >= 4 is 17.7 Å². The van der Waals surface area contributed by atoms with E-state index < -0.39 is 0 Å². The molecule has 1 N–H and O–H groups in total. The monoisotopic (exact) mass is 333 g/mol. The minimum atomic E-state index is 0.0343. The van der Waals surface area contributed by atoms with Crippen LogP contribution in [0.4, 0.5) is 0 Å². The maximum atomic E-state index is 12.0. The molecule has 0 bridgehead atoms. The molecule has 0 unspecified atom stereocenters. The van der Waals surface area contributed by atoms with Crippen molar-refractivity contribution in [1.29, 1.82) is 0 Å². The topological polar surface area (TPSA) is 72.7 Å². The Morgan fingerprint density at radius 3 is 2.70 bits per heavy atom. The molecule has 7 heteroatoms. The van der Waals surface area contributed by atoms with Gasteiger partial charge in [-0.2, -0.15) is 0 Å². The summed E-state index contributed by atoms with van der Waals surface area (Å²) in [6.07, 6.45) is 5.53. The van der Waals surface area contributed by atoms with Gasteiger partial charge in [-0.1, -0.05) is 25.1 Å². The maximum absolute atomic E-state index is 12.0. The number of carbonyl (C=O) groups excluding carboxylic acids is 1. The van der Waals surface area contributed by atoms with Crippen molar-refractivity contribution in [3.05, 3.63) is 24.5 Å². The number of aromatic nitrogens is 4. The van der Waals surface area contributed by atoms with Crippen LogP contribution in [-0.2, 0) is 11.3 Å². The largest absolute Gasteiger partial charge is 0.353 e. The molecule has 6 nitrogen and oxygen atoms in total. The molecule has 23 heavy (non-hydrogen) atoms. The first-order chi connectivity index (χ1) is 11.2. The van der Waals surface area contributed by atoms with E-state index in [9.17, 15) is 4.79 Å². The molecule has 0 radical (unpaired) electrons. The fourth-order valence-electron chi connectivity index (χ4n) is 2.35. The zero-order chi connectivity index (χ0) is 16.7. The van der Waals surface area contributed by atoms with Gasteiger partial charge in [0.2, 0.25) is 5.91 Å². The molecule has 2 aromatic rings. The van der Waals surface area contributed by atoms with E-state index in [2.05, 4.69) is 27.4 Å². The Labute approximate surface area is 141 Å². The average Bonchev–Trinajstić information content (AvgIpc) is 2.96. The van der Waals surface area contributed by atoms with Crippen LogP contribution in [0.2, 0.25) is 0 Å². The molecule has 0 fully saturated rings. The van der Waals surface area contributed by atoms with Gasteiger partial charge in [0.25, 0.3) is 0 Å². The van der Waals surface area contributed by atoms with Gasteiger partial charge < -0.3 is 9.88 Å². The first kappa shape index (κ1) is 17.5. The number of nitrogens with one attached hydrogen (secondary N) is 1. The van der Waals surface area contributed by atoms with Gasteiger partial charge in [0.1, 0.15) is 0 Å². The highest BCUT2D eigenvalue weighted by Gasteiger charge is 2.15. The third-order valence-electron chi connectivity index (χ3n) is 3.43. The zero-order valence-corrected chi connectivity index (χ0v) is 14.6. The van der Waals surface area contributed by atoms with Crippen molar-refractivity contribution in [2.75, 3.05) is 5.75 Å². The number of carbonyl (C=O) groups is 1. The van der Waals surface area contributed by atoms with E-state index in [1.54, 1.807) is 12.4 Å². The van der Waals surface area contributed by atoms with Gasteiger partial charge in [-0.25, -0.2) is 0 Å². The number of nitrogens with zero attached hydrogens (tertiary/aromatic N) is 4. The Morgan fingerprint density at radius 1 is 1.30 bits per heavy atom. The predicted octanol–water partition coefficient (Wildman–Crippen LogP) is 2.76. The Hall–Kier alpha value is -1.89. The fourth-order valence-corrected chi connectivity index (χ4v) is 3.16. The summed E-state index contributed by atoms with van der Waals surface area (Å²) in [6, 6.07) is 4.03. The number of hydrogen-bond acceptors (Lipinski definition) is 5. The molecule has 2 rings (SSSR count). The van der Waals surface area contributed by atoms with Crippen molar-refractivity contribution in [3.8, 4) is 11.4 Å². The lowest BCUT2D eigenvalue weighted by Crippen LogP contribution is -2.33. The number of amides is 1. The van der Waals surface area contributed by atoms with Crippen molar-refractivity contribution in [2.45, 2.75) is 51.4 Å². The third-order valence-corrected chi connectivity index (χ3v) is 4.40. The van der Waals surface area contributed by atoms with Gasteiger partial charge in [-0.3, -0.25) is 9.78 Å². The van der Waals surface area contributed by atoms with Crippen LogP contribution in [0.1, 0.15) is 33.6 Å². The summed E-state index contributed by atoms with van der Waals surface area (Å²) >= 11 is 1.42. The van der Waals surface area contributed by atoms with E-state index in [-0.39, 0.29) is 11.9 Å². The van der Waals surface area contributed by atoms with Gasteiger partial charge in [0, 0.05) is 30.5 Å². The molecule has 0 saturated carbocycles. The molecule has 1 atom stereocenters. The standard InChI is InChI=1S/C16H23N5OS/c1-4-6-12(3)18-14(22)11-23-16-20-19-15(21(16)5-2)13-7-9-17-10-8-13/h7-10,12H,4-6,11H2,1-3H3,(H,18,22)/t12-/m0/s1. The third kappa shape index (κ3) is 4.79. The molecule has 0 aromatic carbocycles. The summed E-state index contributed by atoms with van der Waals surface area (Å²) in [6.45, 7) is 6.94. The first-order valence-electron chi connectivity index (χ1n) is 7.91. The Balaban J connectivity index is 2.01. The molecule has 2 aromatic heterocycles. The highest BCUT2D eigenvalue weighted by molar-refractivity contribution is 7.99. The molecule has 0 saturated heterocycles. The van der Waals surface area contributed by atoms with Crippen LogP contribution in [-0.4, -0.2) is 37.5 Å². The molecule has 0 aliphatic carbocycles. The van der Waals surface area contributed by atoms with Crippen molar-refractivity contribution < 1.29 is 4.79 Å². The normalized spacial score (nSPS) is 12.1. The van der Waals surface area contributed by atoms with Gasteiger partial charge in [-0.05, 0) is 32.4 Å². The molecule has 0 aliphatic rings. The highest BCUT2D eigenvalue weighted by Crippen LogP contribution is 2.23. The molecular weight excluding hydrogens is 310 g/mol.